The summed E-state index contributed by atoms with van der Waals surface area (Å²) in [6, 6.07) is 1.79. The van der Waals surface area contributed by atoms with Gasteiger partial charge >= 0.3 is 0 Å². The summed E-state index contributed by atoms with van der Waals surface area (Å²) in [4.78, 5) is 12.5. The molecule has 1 fully saturated rings. The van der Waals surface area contributed by atoms with Crippen molar-refractivity contribution in [3.63, 3.8) is 0 Å². The second-order valence-corrected chi connectivity index (χ2v) is 6.28. The van der Waals surface area contributed by atoms with Gasteiger partial charge in [-0.25, -0.2) is 9.97 Å². The lowest BCUT2D eigenvalue weighted by molar-refractivity contribution is 0.0982. The van der Waals surface area contributed by atoms with Gasteiger partial charge in [-0.05, 0) is 30.2 Å². The first-order valence-corrected chi connectivity index (χ1v) is 6.64. The molecule has 0 N–H and O–H groups in total. The zero-order chi connectivity index (χ0) is 13.5. The number of nitrogens with zero attached hydrogens (tertiary/aromatic N) is 4. The summed E-state index contributed by atoms with van der Waals surface area (Å²) in [7, 11) is 0. The van der Waals surface area contributed by atoms with Crippen LogP contribution in [0.2, 0.25) is 0 Å². The highest BCUT2D eigenvalue weighted by Gasteiger charge is 2.40. The Balaban J connectivity index is 1.71. The third-order valence-corrected chi connectivity index (χ3v) is 3.96. The summed E-state index contributed by atoms with van der Waals surface area (Å²) >= 11 is 0. The van der Waals surface area contributed by atoms with Crippen LogP contribution in [-0.4, -0.2) is 20.1 Å². The molecule has 100 valence electrons. The fourth-order valence-electron chi connectivity index (χ4n) is 2.45. The summed E-state index contributed by atoms with van der Waals surface area (Å²) in [5.74, 6) is 2.45. The molecule has 1 saturated carbocycles. The SMILES string of the molecule is CC(C)(C)C1CC(c2nc(-c3ccncn3)no2)C1. The molecule has 0 unspecified atom stereocenters. The van der Waals surface area contributed by atoms with E-state index in [-0.39, 0.29) is 0 Å². The average molecular weight is 258 g/mol. The monoisotopic (exact) mass is 258 g/mol. The fraction of sp³-hybridized carbons (Fsp3) is 0.571. The Morgan fingerprint density at radius 1 is 1.26 bits per heavy atom. The van der Waals surface area contributed by atoms with Crippen LogP contribution in [0.3, 0.4) is 0 Å². The van der Waals surface area contributed by atoms with Crippen molar-refractivity contribution in [3.8, 4) is 11.5 Å². The molecule has 0 bridgehead atoms. The van der Waals surface area contributed by atoms with Crippen LogP contribution in [0, 0.1) is 11.3 Å². The van der Waals surface area contributed by atoms with E-state index in [1.165, 1.54) is 6.33 Å². The zero-order valence-electron chi connectivity index (χ0n) is 11.5. The van der Waals surface area contributed by atoms with Crippen LogP contribution in [0.15, 0.2) is 23.1 Å². The summed E-state index contributed by atoms with van der Waals surface area (Å²) in [5, 5.41) is 4.00. The van der Waals surface area contributed by atoms with E-state index < -0.39 is 0 Å². The smallest absolute Gasteiger partial charge is 0.230 e. The van der Waals surface area contributed by atoms with Crippen LogP contribution in [0.5, 0.6) is 0 Å². The molecule has 0 aromatic carbocycles. The third kappa shape index (κ3) is 2.37. The van der Waals surface area contributed by atoms with Crippen LogP contribution in [-0.2, 0) is 0 Å². The molecule has 1 aliphatic rings. The Bertz CT molecular complexity index is 552. The Kier molecular flexibility index (Phi) is 2.84. The van der Waals surface area contributed by atoms with Gasteiger partial charge < -0.3 is 4.52 Å². The molecule has 3 rings (SSSR count). The molecule has 0 aliphatic heterocycles. The van der Waals surface area contributed by atoms with E-state index in [1.807, 2.05) is 0 Å². The van der Waals surface area contributed by atoms with Crippen molar-refractivity contribution in [1.82, 2.24) is 20.1 Å². The molecule has 1 aliphatic carbocycles. The second kappa shape index (κ2) is 4.40. The normalized spacial score (nSPS) is 23.1. The maximum Gasteiger partial charge on any atom is 0.230 e. The molecule has 5 nitrogen and oxygen atoms in total. The van der Waals surface area contributed by atoms with Crippen molar-refractivity contribution < 1.29 is 4.52 Å². The van der Waals surface area contributed by atoms with Gasteiger partial charge in [-0.3, -0.25) is 0 Å². The standard InChI is InChI=1S/C14H18N4O/c1-14(2,3)10-6-9(7-10)13-17-12(18-19-13)11-4-5-15-8-16-11/h4-5,8-10H,6-7H2,1-3H3. The highest BCUT2D eigenvalue weighted by Crippen LogP contribution is 2.49. The van der Waals surface area contributed by atoms with Gasteiger partial charge in [0, 0.05) is 12.1 Å². The van der Waals surface area contributed by atoms with Gasteiger partial charge in [-0.2, -0.15) is 4.98 Å². The van der Waals surface area contributed by atoms with Crippen LogP contribution in [0.1, 0.15) is 45.4 Å². The first kappa shape index (κ1) is 12.3. The highest BCUT2D eigenvalue weighted by molar-refractivity contribution is 5.46. The lowest BCUT2D eigenvalue weighted by Crippen LogP contribution is -2.32. The van der Waals surface area contributed by atoms with Gasteiger partial charge in [0.05, 0.1) is 0 Å². The minimum Gasteiger partial charge on any atom is -0.339 e. The molecule has 0 spiro atoms. The van der Waals surface area contributed by atoms with E-state index in [1.54, 1.807) is 12.3 Å². The number of hydrogen-bond acceptors (Lipinski definition) is 5. The Morgan fingerprint density at radius 3 is 2.68 bits per heavy atom. The highest BCUT2D eigenvalue weighted by atomic mass is 16.5. The van der Waals surface area contributed by atoms with Gasteiger partial charge in [0.2, 0.25) is 11.7 Å². The van der Waals surface area contributed by atoms with Crippen molar-refractivity contribution in [2.75, 3.05) is 0 Å². The molecule has 2 aromatic heterocycles. The van der Waals surface area contributed by atoms with Crippen molar-refractivity contribution in [2.45, 2.75) is 39.5 Å². The first-order chi connectivity index (χ1) is 9.04. The lowest BCUT2D eigenvalue weighted by atomic mass is 9.63. The zero-order valence-corrected chi connectivity index (χ0v) is 11.5. The molecule has 2 heterocycles. The third-order valence-electron chi connectivity index (χ3n) is 3.96. The number of rotatable bonds is 2. The van der Waals surface area contributed by atoms with E-state index >= 15 is 0 Å². The predicted octanol–water partition coefficient (Wildman–Crippen LogP) is 3.07. The number of aromatic nitrogens is 4. The van der Waals surface area contributed by atoms with Crippen molar-refractivity contribution in [3.05, 3.63) is 24.5 Å². The molecule has 2 aromatic rings. The van der Waals surface area contributed by atoms with Crippen LogP contribution in [0.4, 0.5) is 0 Å². The molecule has 0 atom stereocenters. The van der Waals surface area contributed by atoms with Crippen LogP contribution >= 0.6 is 0 Å². The summed E-state index contributed by atoms with van der Waals surface area (Å²) in [5.41, 5.74) is 1.07. The van der Waals surface area contributed by atoms with E-state index in [9.17, 15) is 0 Å². The quantitative estimate of drug-likeness (QED) is 0.828. The second-order valence-electron chi connectivity index (χ2n) is 6.28. The Labute approximate surface area is 112 Å². The van der Waals surface area contributed by atoms with Crippen LogP contribution in [0.25, 0.3) is 11.5 Å². The summed E-state index contributed by atoms with van der Waals surface area (Å²) < 4.78 is 5.36. The van der Waals surface area contributed by atoms with E-state index in [2.05, 4.69) is 40.9 Å². The van der Waals surface area contributed by atoms with Crippen molar-refractivity contribution in [1.29, 1.82) is 0 Å². The summed E-state index contributed by atoms with van der Waals surface area (Å²) in [6.45, 7) is 6.86. The van der Waals surface area contributed by atoms with Gasteiger partial charge in [0.15, 0.2) is 0 Å². The van der Waals surface area contributed by atoms with Gasteiger partial charge in [0.1, 0.15) is 12.0 Å². The van der Waals surface area contributed by atoms with E-state index in [0.29, 0.717) is 22.9 Å². The minimum absolute atomic E-state index is 0.367. The maximum atomic E-state index is 5.36. The minimum atomic E-state index is 0.367. The first-order valence-electron chi connectivity index (χ1n) is 6.64. The average Bonchev–Trinajstić information content (AvgIpc) is 2.75. The molecule has 19 heavy (non-hydrogen) atoms. The number of hydrogen-bond donors (Lipinski definition) is 0. The molecule has 0 saturated heterocycles. The molecule has 0 amide bonds. The fourth-order valence-corrected chi connectivity index (χ4v) is 2.45. The van der Waals surface area contributed by atoms with E-state index in [0.717, 1.165) is 24.7 Å². The predicted molar refractivity (Wildman–Crippen MR) is 70.2 cm³/mol. The summed E-state index contributed by atoms with van der Waals surface area (Å²) in [6.07, 6.45) is 5.44. The molecule has 0 radical (unpaired) electrons. The molecular formula is C14H18N4O. The molecule has 5 heteroatoms. The van der Waals surface area contributed by atoms with E-state index in [4.69, 9.17) is 4.52 Å². The lowest BCUT2D eigenvalue weighted by Gasteiger charge is -2.42. The van der Waals surface area contributed by atoms with Gasteiger partial charge in [0.25, 0.3) is 0 Å². The van der Waals surface area contributed by atoms with Crippen molar-refractivity contribution >= 4 is 0 Å². The largest absolute Gasteiger partial charge is 0.339 e. The Morgan fingerprint density at radius 2 is 2.05 bits per heavy atom. The van der Waals surface area contributed by atoms with Gasteiger partial charge in [-0.15, -0.1) is 0 Å². The maximum absolute atomic E-state index is 5.36. The van der Waals surface area contributed by atoms with Gasteiger partial charge in [-0.1, -0.05) is 25.9 Å². The molecular weight excluding hydrogens is 240 g/mol. The topological polar surface area (TPSA) is 64.7 Å². The van der Waals surface area contributed by atoms with Crippen molar-refractivity contribution in [2.24, 2.45) is 11.3 Å². The Hall–Kier alpha value is -1.78. The van der Waals surface area contributed by atoms with Crippen LogP contribution < -0.4 is 0 Å².